The van der Waals surface area contributed by atoms with Gasteiger partial charge in [-0.1, -0.05) is 24.5 Å². The summed E-state index contributed by atoms with van der Waals surface area (Å²) < 4.78 is 0. The zero-order valence-electron chi connectivity index (χ0n) is 14.0. The minimum Gasteiger partial charge on any atom is -0.300 e. The van der Waals surface area contributed by atoms with Gasteiger partial charge in [0, 0.05) is 25.2 Å². The summed E-state index contributed by atoms with van der Waals surface area (Å²) in [5.74, 6) is 6.67. The van der Waals surface area contributed by atoms with Crippen molar-refractivity contribution in [1.29, 1.82) is 0 Å². The fraction of sp³-hybridized carbons (Fsp3) is 0.810. The lowest BCUT2D eigenvalue weighted by molar-refractivity contribution is -0.130. The van der Waals surface area contributed by atoms with E-state index in [9.17, 15) is 9.59 Å². The molecule has 124 valence electrons. The van der Waals surface area contributed by atoms with Crippen LogP contribution in [-0.4, -0.2) is 11.6 Å². The van der Waals surface area contributed by atoms with E-state index in [0.29, 0.717) is 17.5 Å². The van der Waals surface area contributed by atoms with E-state index in [-0.39, 0.29) is 0 Å². The minimum atomic E-state index is 0.405. The van der Waals surface area contributed by atoms with E-state index in [1.165, 1.54) is 50.5 Å². The minimum absolute atomic E-state index is 0.405. The average molecular weight is 312 g/mol. The summed E-state index contributed by atoms with van der Waals surface area (Å²) in [6.07, 6.45) is 14.7. The van der Waals surface area contributed by atoms with Crippen LogP contribution in [0.25, 0.3) is 0 Å². The fourth-order valence-corrected chi connectivity index (χ4v) is 7.09. The van der Waals surface area contributed by atoms with Gasteiger partial charge in [0.25, 0.3) is 0 Å². The lowest BCUT2D eigenvalue weighted by Crippen LogP contribution is -2.33. The normalized spacial score (nSPS) is 48.9. The van der Waals surface area contributed by atoms with E-state index < -0.39 is 0 Å². The Kier molecular flexibility index (Phi) is 3.32. The van der Waals surface area contributed by atoms with Crippen LogP contribution in [0.15, 0.2) is 11.6 Å². The Bertz CT molecular complexity index is 574. The monoisotopic (exact) mass is 312 g/mol. The maximum absolute atomic E-state index is 11.2. The van der Waals surface area contributed by atoms with Crippen molar-refractivity contribution < 1.29 is 9.59 Å². The van der Waals surface area contributed by atoms with Gasteiger partial charge in [-0.05, 0) is 67.6 Å². The molecule has 6 aliphatic carbocycles. The zero-order chi connectivity index (χ0) is 15.6. The molecule has 6 aliphatic rings. The Balaban J connectivity index is 0.000000106. The molecular weight excluding hydrogens is 284 g/mol. The second-order valence-electron chi connectivity index (χ2n) is 9.08. The molecule has 0 aliphatic heterocycles. The molecule has 0 amide bonds. The number of carbonyl (C=O) groups excluding carboxylic acids is 2. The molecule has 23 heavy (non-hydrogen) atoms. The van der Waals surface area contributed by atoms with Gasteiger partial charge < -0.3 is 0 Å². The van der Waals surface area contributed by atoms with Crippen molar-refractivity contribution in [3.05, 3.63) is 11.6 Å². The molecule has 0 N–H and O–H groups in total. The lowest BCUT2D eigenvalue weighted by atomic mass is 9.73. The SMILES string of the molecule is O=C1CC2C[C@@H]3CCC=C3C12.O=C1C[C@H]2C[C@@H]3CCC[C@@H]3[C@H]2C1. The Morgan fingerprint density at radius 1 is 0.826 bits per heavy atom. The predicted molar refractivity (Wildman–Crippen MR) is 88.7 cm³/mol. The van der Waals surface area contributed by atoms with Gasteiger partial charge in [-0.15, -0.1) is 0 Å². The molecular formula is C21H28O2. The quantitative estimate of drug-likeness (QED) is 0.624. The summed E-state index contributed by atoms with van der Waals surface area (Å²) >= 11 is 0. The van der Waals surface area contributed by atoms with Crippen molar-refractivity contribution >= 4 is 11.6 Å². The van der Waals surface area contributed by atoms with E-state index in [0.717, 1.165) is 54.8 Å². The Labute approximate surface area is 139 Å². The summed E-state index contributed by atoms with van der Waals surface area (Å²) in [6.45, 7) is 0. The Morgan fingerprint density at radius 2 is 1.74 bits per heavy atom. The van der Waals surface area contributed by atoms with E-state index in [1.54, 1.807) is 0 Å². The van der Waals surface area contributed by atoms with Crippen LogP contribution < -0.4 is 0 Å². The van der Waals surface area contributed by atoms with Gasteiger partial charge in [0.1, 0.15) is 11.6 Å². The molecule has 0 aromatic carbocycles. The summed E-state index contributed by atoms with van der Waals surface area (Å²) in [7, 11) is 0. The molecule has 0 radical (unpaired) electrons. The van der Waals surface area contributed by atoms with Crippen molar-refractivity contribution in [1.82, 2.24) is 0 Å². The van der Waals surface area contributed by atoms with Gasteiger partial charge in [-0.25, -0.2) is 0 Å². The Morgan fingerprint density at radius 3 is 2.61 bits per heavy atom. The molecule has 0 aromatic heterocycles. The maximum Gasteiger partial charge on any atom is 0.140 e. The summed E-state index contributed by atoms with van der Waals surface area (Å²) in [4.78, 5) is 22.5. The zero-order valence-corrected chi connectivity index (χ0v) is 14.0. The molecule has 0 heterocycles. The highest BCUT2D eigenvalue weighted by Gasteiger charge is 2.51. The van der Waals surface area contributed by atoms with Crippen molar-refractivity contribution in [2.75, 3.05) is 0 Å². The number of fused-ring (bicyclic) bond motifs is 6. The van der Waals surface area contributed by atoms with Crippen LogP contribution in [0.4, 0.5) is 0 Å². The third-order valence-electron chi connectivity index (χ3n) is 8.03. The highest BCUT2D eigenvalue weighted by Crippen LogP contribution is 2.56. The second-order valence-corrected chi connectivity index (χ2v) is 9.08. The van der Waals surface area contributed by atoms with Gasteiger partial charge in [-0.2, -0.15) is 0 Å². The van der Waals surface area contributed by atoms with Crippen molar-refractivity contribution in [2.24, 2.45) is 41.4 Å². The summed E-state index contributed by atoms with van der Waals surface area (Å²) in [6, 6.07) is 0. The highest BCUT2D eigenvalue weighted by atomic mass is 16.1. The standard InChI is InChI=1S/C11H16O.C10H12O/c12-9-5-8-4-7-2-1-3-10(7)11(8)6-9;11-9-5-7-4-6-2-1-3-8(6)10(7)9/h7-8,10-11H,1-6H2;3,6-7,10H,1-2,4-5H2/t7-,8+,10-,11-;6-,7?,10?/m00/s1. The number of rotatable bonds is 0. The summed E-state index contributed by atoms with van der Waals surface area (Å²) in [5.41, 5.74) is 1.52. The van der Waals surface area contributed by atoms with Crippen LogP contribution in [0.2, 0.25) is 0 Å². The number of ketones is 2. The van der Waals surface area contributed by atoms with Gasteiger partial charge in [0.15, 0.2) is 0 Å². The first-order valence-electron chi connectivity index (χ1n) is 9.95. The molecule has 2 heteroatoms. The third kappa shape index (κ3) is 2.20. The fourth-order valence-electron chi connectivity index (χ4n) is 7.09. The molecule has 5 fully saturated rings. The van der Waals surface area contributed by atoms with Crippen molar-refractivity contribution in [3.63, 3.8) is 0 Å². The smallest absolute Gasteiger partial charge is 0.140 e. The van der Waals surface area contributed by atoms with Crippen LogP contribution in [-0.2, 0) is 9.59 Å². The first kappa shape index (κ1) is 14.4. The average Bonchev–Trinajstić information content (AvgIpc) is 3.23. The van der Waals surface area contributed by atoms with E-state index in [4.69, 9.17) is 0 Å². The number of Topliss-reactive ketones (excluding diaryl/α,β-unsaturated/α-hetero) is 2. The van der Waals surface area contributed by atoms with E-state index >= 15 is 0 Å². The first-order chi connectivity index (χ1) is 11.2. The lowest BCUT2D eigenvalue weighted by Gasteiger charge is -2.28. The maximum atomic E-state index is 11.2. The van der Waals surface area contributed by atoms with Gasteiger partial charge in [-0.3, -0.25) is 9.59 Å². The predicted octanol–water partition coefficient (Wildman–Crippen LogP) is 4.33. The number of hydrogen-bond acceptors (Lipinski definition) is 2. The molecule has 2 nitrogen and oxygen atoms in total. The number of hydrogen-bond donors (Lipinski definition) is 0. The topological polar surface area (TPSA) is 34.1 Å². The molecule has 0 spiro atoms. The van der Waals surface area contributed by atoms with Gasteiger partial charge in [0.2, 0.25) is 0 Å². The van der Waals surface area contributed by atoms with Gasteiger partial charge in [0.05, 0.1) is 0 Å². The van der Waals surface area contributed by atoms with Crippen LogP contribution in [0, 0.1) is 41.4 Å². The summed E-state index contributed by atoms with van der Waals surface area (Å²) in [5, 5.41) is 0. The third-order valence-corrected chi connectivity index (χ3v) is 8.03. The Hall–Kier alpha value is -0.920. The highest BCUT2D eigenvalue weighted by molar-refractivity contribution is 5.91. The van der Waals surface area contributed by atoms with Crippen molar-refractivity contribution in [3.8, 4) is 0 Å². The van der Waals surface area contributed by atoms with Gasteiger partial charge >= 0.3 is 0 Å². The molecule has 5 saturated carbocycles. The molecule has 0 saturated heterocycles. The van der Waals surface area contributed by atoms with Crippen LogP contribution in [0.3, 0.4) is 0 Å². The van der Waals surface area contributed by atoms with Crippen molar-refractivity contribution in [2.45, 2.75) is 64.2 Å². The molecule has 2 unspecified atom stereocenters. The van der Waals surface area contributed by atoms with Crippen LogP contribution in [0.1, 0.15) is 64.2 Å². The van der Waals surface area contributed by atoms with E-state index in [2.05, 4.69) is 6.08 Å². The second kappa shape index (κ2) is 5.29. The first-order valence-corrected chi connectivity index (χ1v) is 9.95. The van der Waals surface area contributed by atoms with E-state index in [1.807, 2.05) is 0 Å². The largest absolute Gasteiger partial charge is 0.300 e. The molecule has 7 atom stereocenters. The molecule has 6 rings (SSSR count). The van der Waals surface area contributed by atoms with Crippen LogP contribution >= 0.6 is 0 Å². The number of carbonyl (C=O) groups is 2. The van der Waals surface area contributed by atoms with Crippen LogP contribution in [0.5, 0.6) is 0 Å². The number of allylic oxidation sites excluding steroid dienone is 2. The molecule has 0 bridgehead atoms. The molecule has 0 aromatic rings.